The van der Waals surface area contributed by atoms with Gasteiger partial charge in [0.1, 0.15) is 36.0 Å². The molecule has 0 aliphatic carbocycles. The summed E-state index contributed by atoms with van der Waals surface area (Å²) in [7, 11) is 4.48. The molecule has 6 atom stereocenters. The van der Waals surface area contributed by atoms with Crippen LogP contribution in [0.15, 0.2) is 77.8 Å². The molecule has 27 nitrogen and oxygen atoms in total. The molecular weight excluding hydrogens is 1130 g/mol. The van der Waals surface area contributed by atoms with Crippen LogP contribution in [0.5, 0.6) is 0 Å². The number of guanidine groups is 1. The Kier molecular flexibility index (Phi) is 26.9. The summed E-state index contributed by atoms with van der Waals surface area (Å²) in [5.41, 5.74) is 16.1. The van der Waals surface area contributed by atoms with Gasteiger partial charge in [-0.15, -0.1) is 0 Å². The van der Waals surface area contributed by atoms with Crippen molar-refractivity contribution >= 4 is 81.8 Å². The number of methoxy groups -OCH3 is 1. The predicted octanol–water partition coefficient (Wildman–Crippen LogP) is 0.627. The summed E-state index contributed by atoms with van der Waals surface area (Å²) < 4.78 is 4.90. The third-order valence-electron chi connectivity index (χ3n) is 15.2. The second-order valence-corrected chi connectivity index (χ2v) is 22.0. The lowest BCUT2D eigenvalue weighted by Gasteiger charge is -2.26. The molecular formula is C61H86N16O11. The summed E-state index contributed by atoms with van der Waals surface area (Å²) in [5.74, 6) is -4.21. The van der Waals surface area contributed by atoms with Crippen molar-refractivity contribution in [1.29, 1.82) is 0 Å². The number of imidazole rings is 1. The number of benzene rings is 3. The Morgan fingerprint density at radius 3 is 2.15 bits per heavy atom. The Labute approximate surface area is 512 Å². The molecule has 1 aromatic heterocycles. The van der Waals surface area contributed by atoms with Gasteiger partial charge in [-0.2, -0.15) is 0 Å². The molecule has 14 N–H and O–H groups in total. The van der Waals surface area contributed by atoms with Crippen molar-refractivity contribution in [3.63, 3.8) is 0 Å². The molecule has 0 unspecified atom stereocenters. The van der Waals surface area contributed by atoms with Gasteiger partial charge in [0.05, 0.1) is 43.7 Å². The monoisotopic (exact) mass is 1220 g/mol. The van der Waals surface area contributed by atoms with Gasteiger partial charge in [0.25, 0.3) is 5.91 Å². The van der Waals surface area contributed by atoms with E-state index in [1.165, 1.54) is 14.2 Å². The minimum absolute atomic E-state index is 0.0328. The number of hydrogen-bond donors (Lipinski definition) is 12. The molecule has 1 saturated heterocycles. The number of anilines is 1. The van der Waals surface area contributed by atoms with Gasteiger partial charge in [0, 0.05) is 70.9 Å². The number of carbonyl (C=O) groups is 10. The van der Waals surface area contributed by atoms with E-state index in [0.717, 1.165) is 35.0 Å². The van der Waals surface area contributed by atoms with Crippen LogP contribution in [0.25, 0.3) is 11.0 Å². The second kappa shape index (κ2) is 34.9. The molecule has 1 fully saturated rings. The lowest BCUT2D eigenvalue weighted by atomic mass is 10.0. The van der Waals surface area contributed by atoms with Gasteiger partial charge in [-0.1, -0.05) is 62.2 Å². The SMILES string of the molecule is CC[C@@H]1NC(=O)CNC(=O)[C@H](CCCNC(N)=NC)NC(=O)[C@H](CCCCNC(=O)CC[C@@H](N)C(=O)NCCCCCCN2Cc3cc(C(=O)N(C)Cc4nc5ccccc5[nH]4)ccc3N[C@@H](CC(=O)OC)C2=O)NC(=O)[C@H](Cc2ccccc2)NC1=O. The van der Waals surface area contributed by atoms with Crippen LogP contribution in [0.2, 0.25) is 0 Å². The number of nitrogens with one attached hydrogen (secondary N) is 10. The number of amides is 9. The molecule has 9 amide bonds. The fourth-order valence-electron chi connectivity index (χ4n) is 10.2. The number of fused-ring (bicyclic) bond motifs is 2. The van der Waals surface area contributed by atoms with Crippen molar-refractivity contribution in [2.45, 2.75) is 146 Å². The van der Waals surface area contributed by atoms with Gasteiger partial charge in [0.2, 0.25) is 47.3 Å². The van der Waals surface area contributed by atoms with E-state index < -0.39 is 84.2 Å². The van der Waals surface area contributed by atoms with Crippen LogP contribution in [-0.4, -0.2) is 175 Å². The summed E-state index contributed by atoms with van der Waals surface area (Å²) in [6.07, 6.45) is 4.10. The lowest BCUT2D eigenvalue weighted by Crippen LogP contribution is -2.58. The average molecular weight is 1220 g/mol. The van der Waals surface area contributed by atoms with E-state index in [9.17, 15) is 47.9 Å². The third-order valence-corrected chi connectivity index (χ3v) is 15.2. The van der Waals surface area contributed by atoms with Crippen LogP contribution >= 0.6 is 0 Å². The van der Waals surface area contributed by atoms with Crippen LogP contribution in [0, 0.1) is 0 Å². The van der Waals surface area contributed by atoms with Gasteiger partial charge in [-0.05, 0) is 99.2 Å². The highest BCUT2D eigenvalue weighted by Crippen LogP contribution is 2.27. The van der Waals surface area contributed by atoms with Crippen molar-refractivity contribution in [2.24, 2.45) is 16.5 Å². The Morgan fingerprint density at radius 2 is 1.41 bits per heavy atom. The van der Waals surface area contributed by atoms with E-state index in [0.29, 0.717) is 68.8 Å². The lowest BCUT2D eigenvalue weighted by molar-refractivity contribution is -0.144. The third kappa shape index (κ3) is 21.4. The van der Waals surface area contributed by atoms with E-state index in [4.69, 9.17) is 16.2 Å². The fraction of sp³-hybridized carbons (Fsp3) is 0.508. The van der Waals surface area contributed by atoms with Crippen molar-refractivity contribution in [3.8, 4) is 0 Å². The van der Waals surface area contributed by atoms with Crippen LogP contribution in [0.1, 0.15) is 118 Å². The maximum absolute atomic E-state index is 14.1. The normalized spacial score (nSPS) is 18.9. The number of hydrogen-bond acceptors (Lipinski definition) is 15. The highest BCUT2D eigenvalue weighted by atomic mass is 16.5. The molecule has 0 spiro atoms. The summed E-state index contributed by atoms with van der Waals surface area (Å²) in [4.78, 5) is 149. The van der Waals surface area contributed by atoms with Crippen LogP contribution in [0.3, 0.4) is 0 Å². The molecule has 3 heterocycles. The predicted molar refractivity (Wildman–Crippen MR) is 329 cm³/mol. The molecule has 0 radical (unpaired) electrons. The number of rotatable bonds is 28. The minimum Gasteiger partial charge on any atom is -0.469 e. The first kappa shape index (κ1) is 68.0. The average Bonchev–Trinajstić information content (AvgIpc) is 2.41. The van der Waals surface area contributed by atoms with E-state index >= 15 is 0 Å². The van der Waals surface area contributed by atoms with E-state index in [-0.39, 0.29) is 88.3 Å². The Balaban J connectivity index is 0.942. The first-order valence-corrected chi connectivity index (χ1v) is 30.1. The molecule has 0 bridgehead atoms. The Bertz CT molecular complexity index is 3050. The number of nitrogens with zero attached hydrogens (tertiary/aromatic N) is 4. The van der Waals surface area contributed by atoms with Gasteiger partial charge >= 0.3 is 5.97 Å². The van der Waals surface area contributed by atoms with Crippen molar-refractivity contribution in [3.05, 3.63) is 95.3 Å². The highest BCUT2D eigenvalue weighted by molar-refractivity contribution is 5.98. The topological polar surface area (TPSA) is 388 Å². The van der Waals surface area contributed by atoms with Gasteiger partial charge in [-0.25, -0.2) is 4.98 Å². The quantitative estimate of drug-likeness (QED) is 0.0161. The molecule has 4 aromatic rings. The summed E-state index contributed by atoms with van der Waals surface area (Å²) in [5, 5.41) is 25.2. The van der Waals surface area contributed by atoms with Crippen molar-refractivity contribution < 1.29 is 52.7 Å². The Hall–Kier alpha value is -9.14. The number of unbranched alkanes of at least 4 members (excludes halogenated alkanes) is 4. The molecule has 27 heteroatoms. The number of aliphatic imine (C=N–C) groups is 1. The van der Waals surface area contributed by atoms with Crippen LogP contribution in [-0.2, 0) is 67.4 Å². The number of H-pyrrole nitrogens is 1. The molecule has 2 aliphatic heterocycles. The van der Waals surface area contributed by atoms with Crippen molar-refractivity contribution in [2.75, 3.05) is 59.2 Å². The number of carbonyl (C=O) groups excluding carboxylic acids is 10. The van der Waals surface area contributed by atoms with Crippen LogP contribution in [0.4, 0.5) is 5.69 Å². The number of ether oxygens (including phenoxy) is 1. The smallest absolute Gasteiger partial charge is 0.308 e. The summed E-state index contributed by atoms with van der Waals surface area (Å²) >= 11 is 0. The van der Waals surface area contributed by atoms with E-state index in [1.54, 1.807) is 66.2 Å². The van der Waals surface area contributed by atoms with E-state index in [1.807, 2.05) is 30.3 Å². The fourth-order valence-corrected chi connectivity index (χ4v) is 10.2. The first-order valence-electron chi connectivity index (χ1n) is 30.1. The molecule has 2 aliphatic rings. The first-order chi connectivity index (χ1) is 42.3. The highest BCUT2D eigenvalue weighted by Gasteiger charge is 2.34. The molecule has 3 aromatic carbocycles. The molecule has 0 saturated carbocycles. The number of para-hydroxylation sites is 2. The number of esters is 1. The molecule has 476 valence electrons. The Morgan fingerprint density at radius 1 is 0.750 bits per heavy atom. The number of nitrogens with two attached hydrogens (primary N) is 2. The van der Waals surface area contributed by atoms with E-state index in [2.05, 4.69) is 62.8 Å². The zero-order valence-corrected chi connectivity index (χ0v) is 50.7. The zero-order chi connectivity index (χ0) is 63.5. The van der Waals surface area contributed by atoms with Crippen LogP contribution < -0.4 is 59.3 Å². The number of aromatic nitrogens is 2. The maximum atomic E-state index is 14.1. The number of aromatic amines is 1. The zero-order valence-electron chi connectivity index (χ0n) is 50.7. The second-order valence-electron chi connectivity index (χ2n) is 22.0. The summed E-state index contributed by atoms with van der Waals surface area (Å²) in [6, 6.07) is 15.5. The molecule has 6 rings (SSSR count). The standard InChI is InChI=1S/C61H86N16O11/c1-5-42-56(83)75-48(32-38-18-9-8-10-19-38)58(85)74-47(57(84)73-46(23-17-30-67-61(63)64-2)55(82)68-35-52(79)72-42)22-13-15-28-65-51(78)27-25-41(62)54(81)66-29-14-6-7-16-31-77-36-40-33-39(24-26-43(40)69-49(60(77)87)34-53(80)88-4)59(86)76(3)37-50-70-44-20-11-12-21-45(44)71-50/h8-12,18-21,24,26,33,41-42,46-49,69H,5-7,13-17,22-23,25,27-32,34-37,62H2,1-4H3,(H,65,78)(H,66,81)(H,68,82)(H,70,71)(H,72,79)(H,73,84)(H,74,85)(H,75,83)(H3,63,64,67)/t41-,42+,46+,47+,48+,49+/m1/s1. The molecule has 88 heavy (non-hydrogen) atoms. The van der Waals surface area contributed by atoms with Gasteiger partial charge in [0.15, 0.2) is 5.96 Å². The van der Waals surface area contributed by atoms with Gasteiger partial charge in [-0.3, -0.25) is 52.9 Å². The van der Waals surface area contributed by atoms with Gasteiger partial charge < -0.3 is 78.8 Å². The van der Waals surface area contributed by atoms with Crippen molar-refractivity contribution in [1.82, 2.24) is 62.3 Å². The largest absolute Gasteiger partial charge is 0.469 e. The maximum Gasteiger partial charge on any atom is 0.308 e. The minimum atomic E-state index is -1.18. The summed E-state index contributed by atoms with van der Waals surface area (Å²) in [6.45, 7) is 2.92.